The Balaban J connectivity index is 1.87. The van der Waals surface area contributed by atoms with Crippen LogP contribution in [0.25, 0.3) is 0 Å². The van der Waals surface area contributed by atoms with Crippen molar-refractivity contribution in [3.8, 4) is 0 Å². The van der Waals surface area contributed by atoms with Gasteiger partial charge in [-0.05, 0) is 37.8 Å². The molecule has 0 saturated carbocycles. The molecule has 0 fully saturated rings. The summed E-state index contributed by atoms with van der Waals surface area (Å²) in [4.78, 5) is 16.3. The maximum atomic E-state index is 12.4. The summed E-state index contributed by atoms with van der Waals surface area (Å²) >= 11 is 1.21. The van der Waals surface area contributed by atoms with Crippen LogP contribution in [0.5, 0.6) is 0 Å². The van der Waals surface area contributed by atoms with E-state index in [2.05, 4.69) is 28.9 Å². The highest BCUT2D eigenvalue weighted by molar-refractivity contribution is 7.93. The van der Waals surface area contributed by atoms with Crippen molar-refractivity contribution in [2.45, 2.75) is 44.9 Å². The number of sulfonamides is 1. The Morgan fingerprint density at radius 3 is 2.58 bits per heavy atom. The molecule has 1 heterocycles. The molecule has 2 N–H and O–H groups in total. The summed E-state index contributed by atoms with van der Waals surface area (Å²) in [7, 11) is -3.65. The quantitative estimate of drug-likeness (QED) is 0.681. The third-order valence-corrected chi connectivity index (χ3v) is 6.05. The normalized spacial score (nSPS) is 11.5. The first-order valence-electron chi connectivity index (χ1n) is 8.57. The average Bonchev–Trinajstić information content (AvgIpc) is 2.99. The van der Waals surface area contributed by atoms with Gasteiger partial charge in [0, 0.05) is 18.3 Å². The maximum Gasteiger partial charge on any atom is 0.263 e. The van der Waals surface area contributed by atoms with Crippen LogP contribution >= 0.6 is 11.3 Å². The topological polar surface area (TPSA) is 88.2 Å². The Morgan fingerprint density at radius 1 is 1.23 bits per heavy atom. The second kappa shape index (κ2) is 9.14. The number of hydrogen-bond acceptors (Lipinski definition) is 5. The number of nitrogens with zero attached hydrogens (tertiary/aromatic N) is 1. The lowest BCUT2D eigenvalue weighted by Gasteiger charge is -2.06. The third kappa shape index (κ3) is 6.42. The molecule has 0 spiro atoms. The van der Waals surface area contributed by atoms with E-state index >= 15 is 0 Å². The number of anilines is 1. The van der Waals surface area contributed by atoms with Crippen LogP contribution in [0.2, 0.25) is 0 Å². The predicted octanol–water partition coefficient (Wildman–Crippen LogP) is 3.35. The van der Waals surface area contributed by atoms with Gasteiger partial charge in [0.2, 0.25) is 5.91 Å². The van der Waals surface area contributed by atoms with E-state index in [4.69, 9.17) is 0 Å². The molecule has 0 aliphatic rings. The molecule has 0 atom stereocenters. The number of aromatic nitrogens is 1. The summed E-state index contributed by atoms with van der Waals surface area (Å²) in [5, 5.41) is 4.96. The molecule has 0 aliphatic heterocycles. The van der Waals surface area contributed by atoms with Crippen LogP contribution in [-0.4, -0.2) is 25.9 Å². The lowest BCUT2D eigenvalue weighted by molar-refractivity contribution is -0.121. The zero-order chi connectivity index (χ0) is 19.2. The fraction of sp³-hybridized carbons (Fsp3) is 0.444. The molecule has 0 unspecified atom stereocenters. The lowest BCUT2D eigenvalue weighted by Crippen LogP contribution is -2.25. The number of benzene rings is 1. The van der Waals surface area contributed by atoms with Gasteiger partial charge in [0.25, 0.3) is 10.0 Å². The van der Waals surface area contributed by atoms with E-state index in [9.17, 15) is 13.2 Å². The lowest BCUT2D eigenvalue weighted by atomic mass is 10.1. The van der Waals surface area contributed by atoms with Crippen LogP contribution in [-0.2, 0) is 21.2 Å². The molecule has 1 aromatic carbocycles. The molecule has 8 heteroatoms. The SMILES string of the molecule is Cc1ccc(S(=O)(=O)Nc2nc(CCC(=O)NCCC(C)C)cs2)cc1. The molecule has 2 rings (SSSR count). The van der Waals surface area contributed by atoms with Crippen LogP contribution < -0.4 is 10.0 Å². The Hall–Kier alpha value is -1.93. The second-order valence-corrected chi connectivity index (χ2v) is 9.14. The van der Waals surface area contributed by atoms with Crippen molar-refractivity contribution in [3.05, 3.63) is 40.9 Å². The van der Waals surface area contributed by atoms with Gasteiger partial charge in [-0.2, -0.15) is 0 Å². The van der Waals surface area contributed by atoms with Crippen molar-refractivity contribution in [1.29, 1.82) is 0 Å². The largest absolute Gasteiger partial charge is 0.356 e. The number of carbonyl (C=O) groups excluding carboxylic acids is 1. The first kappa shape index (κ1) is 20.4. The molecule has 26 heavy (non-hydrogen) atoms. The van der Waals surface area contributed by atoms with Crippen LogP contribution in [0.3, 0.4) is 0 Å². The van der Waals surface area contributed by atoms with Crippen molar-refractivity contribution in [1.82, 2.24) is 10.3 Å². The summed E-state index contributed by atoms with van der Waals surface area (Å²) in [5.41, 5.74) is 1.70. The van der Waals surface area contributed by atoms with Gasteiger partial charge in [-0.3, -0.25) is 9.52 Å². The van der Waals surface area contributed by atoms with Gasteiger partial charge in [-0.15, -0.1) is 11.3 Å². The second-order valence-electron chi connectivity index (χ2n) is 6.60. The van der Waals surface area contributed by atoms with Gasteiger partial charge in [-0.1, -0.05) is 31.5 Å². The van der Waals surface area contributed by atoms with E-state index in [0.717, 1.165) is 12.0 Å². The highest BCUT2D eigenvalue weighted by Crippen LogP contribution is 2.21. The number of nitrogens with one attached hydrogen (secondary N) is 2. The minimum absolute atomic E-state index is 0.0135. The molecular weight excluding hydrogens is 370 g/mol. The van der Waals surface area contributed by atoms with Gasteiger partial charge < -0.3 is 5.32 Å². The zero-order valence-corrected chi connectivity index (χ0v) is 16.9. The molecule has 0 aliphatic carbocycles. The smallest absolute Gasteiger partial charge is 0.263 e. The molecular formula is C18H25N3O3S2. The summed E-state index contributed by atoms with van der Waals surface area (Å²) < 4.78 is 27.2. The van der Waals surface area contributed by atoms with Crippen LogP contribution in [0.15, 0.2) is 34.5 Å². The van der Waals surface area contributed by atoms with Gasteiger partial charge in [-0.25, -0.2) is 13.4 Å². The first-order chi connectivity index (χ1) is 12.3. The number of amides is 1. The molecule has 6 nitrogen and oxygen atoms in total. The van der Waals surface area contributed by atoms with Gasteiger partial charge in [0.05, 0.1) is 10.6 Å². The highest BCUT2D eigenvalue weighted by atomic mass is 32.2. The van der Waals surface area contributed by atoms with E-state index in [1.807, 2.05) is 6.92 Å². The van der Waals surface area contributed by atoms with Crippen molar-refractivity contribution < 1.29 is 13.2 Å². The number of rotatable bonds is 9. The Bertz CT molecular complexity index is 828. The molecule has 0 bridgehead atoms. The third-order valence-electron chi connectivity index (χ3n) is 3.76. The van der Waals surface area contributed by atoms with Gasteiger partial charge in [0.15, 0.2) is 5.13 Å². The van der Waals surface area contributed by atoms with Gasteiger partial charge in [0.1, 0.15) is 0 Å². The van der Waals surface area contributed by atoms with E-state index < -0.39 is 10.0 Å². The predicted molar refractivity (Wildman–Crippen MR) is 105 cm³/mol. The van der Waals surface area contributed by atoms with Crippen LogP contribution in [0.4, 0.5) is 5.13 Å². The summed E-state index contributed by atoms with van der Waals surface area (Å²) in [6, 6.07) is 6.63. The van der Waals surface area contributed by atoms with Crippen LogP contribution in [0.1, 0.15) is 37.9 Å². The molecule has 0 radical (unpaired) electrons. The fourth-order valence-corrected chi connectivity index (χ4v) is 4.19. The van der Waals surface area contributed by atoms with Crippen molar-refractivity contribution in [2.75, 3.05) is 11.3 Å². The molecule has 2 aromatic rings. The number of thiazole rings is 1. The number of carbonyl (C=O) groups is 1. The van der Waals surface area contributed by atoms with E-state index in [-0.39, 0.29) is 10.8 Å². The Labute approximate surface area is 159 Å². The zero-order valence-electron chi connectivity index (χ0n) is 15.3. The molecule has 1 amide bonds. The van der Waals surface area contributed by atoms with Crippen molar-refractivity contribution in [3.63, 3.8) is 0 Å². The monoisotopic (exact) mass is 395 g/mol. The number of aryl methyl sites for hydroxylation is 2. The van der Waals surface area contributed by atoms with E-state index in [1.165, 1.54) is 11.3 Å². The Morgan fingerprint density at radius 2 is 1.92 bits per heavy atom. The molecule has 142 valence electrons. The first-order valence-corrected chi connectivity index (χ1v) is 10.9. The van der Waals surface area contributed by atoms with E-state index in [1.54, 1.807) is 29.6 Å². The van der Waals surface area contributed by atoms with Gasteiger partial charge >= 0.3 is 0 Å². The van der Waals surface area contributed by atoms with Crippen molar-refractivity contribution >= 4 is 32.4 Å². The summed E-state index contributed by atoms with van der Waals surface area (Å²) in [6.07, 6.45) is 1.77. The number of hydrogen-bond donors (Lipinski definition) is 2. The highest BCUT2D eigenvalue weighted by Gasteiger charge is 2.16. The van der Waals surface area contributed by atoms with E-state index in [0.29, 0.717) is 36.1 Å². The minimum atomic E-state index is -3.65. The standard InChI is InChI=1S/C18H25N3O3S2/c1-13(2)10-11-19-17(22)9-6-15-12-25-18(20-15)21-26(23,24)16-7-4-14(3)5-8-16/h4-5,7-8,12-13H,6,9-11H2,1-3H3,(H,19,22)(H,20,21). The molecule has 1 aromatic heterocycles. The van der Waals surface area contributed by atoms with Crippen molar-refractivity contribution in [2.24, 2.45) is 5.92 Å². The molecule has 0 saturated heterocycles. The summed E-state index contributed by atoms with van der Waals surface area (Å²) in [5.74, 6) is 0.540. The maximum absolute atomic E-state index is 12.4. The minimum Gasteiger partial charge on any atom is -0.356 e. The fourth-order valence-electron chi connectivity index (χ4n) is 2.19. The Kier molecular flexibility index (Phi) is 7.16. The summed E-state index contributed by atoms with van der Waals surface area (Å²) in [6.45, 7) is 6.80. The average molecular weight is 396 g/mol. The van der Waals surface area contributed by atoms with Crippen LogP contribution in [0, 0.1) is 12.8 Å².